The van der Waals surface area contributed by atoms with Crippen LogP contribution in [0, 0.1) is 11.3 Å². The van der Waals surface area contributed by atoms with Crippen LogP contribution in [0.4, 0.5) is 11.4 Å². The molecule has 0 aromatic heterocycles. The second-order valence-electron chi connectivity index (χ2n) is 5.84. The van der Waals surface area contributed by atoms with Crippen LogP contribution in [0.25, 0.3) is 0 Å². The molecule has 1 aliphatic rings. The van der Waals surface area contributed by atoms with Gasteiger partial charge in [0.15, 0.2) is 0 Å². The van der Waals surface area contributed by atoms with Crippen LogP contribution < -0.4 is 19.7 Å². The van der Waals surface area contributed by atoms with Crippen molar-refractivity contribution in [3.05, 3.63) is 48.0 Å². The van der Waals surface area contributed by atoms with E-state index in [-0.39, 0.29) is 0 Å². The summed E-state index contributed by atoms with van der Waals surface area (Å²) in [7, 11) is 3.33. The van der Waals surface area contributed by atoms with Crippen molar-refractivity contribution in [3.8, 4) is 17.6 Å². The Balaban J connectivity index is 1.67. The van der Waals surface area contributed by atoms with Crippen LogP contribution in [0.1, 0.15) is 12.0 Å². The summed E-state index contributed by atoms with van der Waals surface area (Å²) >= 11 is 0. The van der Waals surface area contributed by atoms with E-state index in [1.807, 2.05) is 42.5 Å². The molecule has 5 heteroatoms. The molecule has 3 rings (SSSR count). The topological polar surface area (TPSA) is 57.5 Å². The number of rotatable bonds is 5. The average Bonchev–Trinajstić information content (AvgIpc) is 3.10. The van der Waals surface area contributed by atoms with E-state index < -0.39 is 0 Å². The van der Waals surface area contributed by atoms with Gasteiger partial charge in [-0.15, -0.1) is 0 Å². The van der Waals surface area contributed by atoms with Crippen molar-refractivity contribution in [2.75, 3.05) is 37.5 Å². The quantitative estimate of drug-likeness (QED) is 0.915. The van der Waals surface area contributed by atoms with Crippen LogP contribution in [0.2, 0.25) is 0 Å². The molecule has 1 fully saturated rings. The van der Waals surface area contributed by atoms with Gasteiger partial charge in [-0.3, -0.25) is 0 Å². The highest BCUT2D eigenvalue weighted by atomic mass is 16.5. The Morgan fingerprint density at radius 3 is 2.33 bits per heavy atom. The Kier molecular flexibility index (Phi) is 4.76. The van der Waals surface area contributed by atoms with Crippen LogP contribution in [-0.4, -0.2) is 33.4 Å². The maximum atomic E-state index is 8.86. The van der Waals surface area contributed by atoms with Crippen LogP contribution in [-0.2, 0) is 0 Å². The highest BCUT2D eigenvalue weighted by molar-refractivity contribution is 5.57. The monoisotopic (exact) mass is 323 g/mol. The fourth-order valence-corrected chi connectivity index (χ4v) is 2.96. The van der Waals surface area contributed by atoms with Gasteiger partial charge in [-0.2, -0.15) is 5.26 Å². The summed E-state index contributed by atoms with van der Waals surface area (Å²) in [4.78, 5) is 2.33. The van der Waals surface area contributed by atoms with Gasteiger partial charge < -0.3 is 19.7 Å². The largest absolute Gasteiger partial charge is 0.497 e. The summed E-state index contributed by atoms with van der Waals surface area (Å²) in [5.41, 5.74) is 2.83. The predicted octanol–water partition coefficient (Wildman–Crippen LogP) is 3.27. The molecule has 0 saturated carbocycles. The lowest BCUT2D eigenvalue weighted by atomic mass is 10.2. The minimum absolute atomic E-state index is 0.370. The first kappa shape index (κ1) is 16.0. The van der Waals surface area contributed by atoms with E-state index in [4.69, 9.17) is 14.7 Å². The number of benzene rings is 2. The Hall–Kier alpha value is -2.87. The first-order chi connectivity index (χ1) is 11.7. The molecular weight excluding hydrogens is 302 g/mol. The van der Waals surface area contributed by atoms with Crippen LogP contribution in [0.5, 0.6) is 11.5 Å². The molecule has 1 N–H and O–H groups in total. The molecule has 2 aromatic carbocycles. The third kappa shape index (κ3) is 3.54. The Labute approximate surface area is 142 Å². The molecule has 1 heterocycles. The molecule has 0 radical (unpaired) electrons. The SMILES string of the molecule is COc1cc(OC)cc(N2CCC(Nc3ccc(C#N)cc3)C2)c1. The zero-order valence-electron chi connectivity index (χ0n) is 14.0. The number of hydrogen-bond acceptors (Lipinski definition) is 5. The maximum absolute atomic E-state index is 8.86. The van der Waals surface area contributed by atoms with Gasteiger partial charge in [0, 0.05) is 48.7 Å². The third-order valence-corrected chi connectivity index (χ3v) is 4.27. The van der Waals surface area contributed by atoms with Gasteiger partial charge in [-0.1, -0.05) is 0 Å². The van der Waals surface area contributed by atoms with Crippen LogP contribution in [0.3, 0.4) is 0 Å². The minimum atomic E-state index is 0.370. The van der Waals surface area contributed by atoms with Crippen LogP contribution >= 0.6 is 0 Å². The van der Waals surface area contributed by atoms with Crippen molar-refractivity contribution in [2.45, 2.75) is 12.5 Å². The first-order valence-corrected chi connectivity index (χ1v) is 7.96. The molecule has 24 heavy (non-hydrogen) atoms. The molecule has 1 aliphatic heterocycles. The van der Waals surface area contributed by atoms with Gasteiger partial charge in [0.05, 0.1) is 25.9 Å². The lowest BCUT2D eigenvalue weighted by molar-refractivity contribution is 0.394. The highest BCUT2D eigenvalue weighted by Gasteiger charge is 2.23. The van der Waals surface area contributed by atoms with E-state index >= 15 is 0 Å². The fourth-order valence-electron chi connectivity index (χ4n) is 2.96. The average molecular weight is 323 g/mol. The summed E-state index contributed by atoms with van der Waals surface area (Å²) in [6.07, 6.45) is 1.06. The molecular formula is C19H21N3O2. The van der Waals surface area contributed by atoms with Crippen LogP contribution in [0.15, 0.2) is 42.5 Å². The minimum Gasteiger partial charge on any atom is -0.497 e. The standard InChI is InChI=1S/C19H21N3O2/c1-23-18-9-17(10-19(11-18)24-2)22-8-7-16(13-22)21-15-5-3-14(12-20)4-6-15/h3-6,9-11,16,21H,7-8,13H2,1-2H3. The van der Waals surface area contributed by atoms with E-state index in [0.29, 0.717) is 11.6 Å². The Morgan fingerprint density at radius 2 is 1.75 bits per heavy atom. The molecule has 0 spiro atoms. The molecule has 2 aromatic rings. The summed E-state index contributed by atoms with van der Waals surface area (Å²) in [6, 6.07) is 16.0. The van der Waals surface area contributed by atoms with E-state index in [2.05, 4.69) is 16.3 Å². The number of hydrogen-bond donors (Lipinski definition) is 1. The van der Waals surface area contributed by atoms with Gasteiger partial charge in [0.25, 0.3) is 0 Å². The summed E-state index contributed by atoms with van der Waals surface area (Å²) in [5.74, 6) is 1.60. The number of ether oxygens (including phenoxy) is 2. The van der Waals surface area contributed by atoms with E-state index in [9.17, 15) is 0 Å². The molecule has 0 amide bonds. The van der Waals surface area contributed by atoms with Crippen molar-refractivity contribution in [2.24, 2.45) is 0 Å². The third-order valence-electron chi connectivity index (χ3n) is 4.27. The zero-order valence-corrected chi connectivity index (χ0v) is 14.0. The van der Waals surface area contributed by atoms with Crippen molar-refractivity contribution in [1.82, 2.24) is 0 Å². The number of nitrogens with one attached hydrogen (secondary N) is 1. The Morgan fingerprint density at radius 1 is 1.08 bits per heavy atom. The molecule has 5 nitrogen and oxygen atoms in total. The lowest BCUT2D eigenvalue weighted by Crippen LogP contribution is -2.26. The smallest absolute Gasteiger partial charge is 0.124 e. The van der Waals surface area contributed by atoms with E-state index in [0.717, 1.165) is 42.4 Å². The molecule has 1 saturated heterocycles. The van der Waals surface area contributed by atoms with E-state index in [1.165, 1.54) is 0 Å². The second-order valence-corrected chi connectivity index (χ2v) is 5.84. The highest BCUT2D eigenvalue weighted by Crippen LogP contribution is 2.31. The number of methoxy groups -OCH3 is 2. The number of nitrogens with zero attached hydrogens (tertiary/aromatic N) is 2. The van der Waals surface area contributed by atoms with Gasteiger partial charge in [0.2, 0.25) is 0 Å². The maximum Gasteiger partial charge on any atom is 0.124 e. The Bertz CT molecular complexity index is 715. The number of anilines is 2. The van der Waals surface area contributed by atoms with Gasteiger partial charge in [0.1, 0.15) is 11.5 Å². The molecule has 1 atom stereocenters. The molecule has 0 aliphatic carbocycles. The molecule has 1 unspecified atom stereocenters. The molecule has 0 bridgehead atoms. The second kappa shape index (κ2) is 7.14. The lowest BCUT2D eigenvalue weighted by Gasteiger charge is -2.21. The van der Waals surface area contributed by atoms with Gasteiger partial charge in [-0.25, -0.2) is 0 Å². The summed E-state index contributed by atoms with van der Waals surface area (Å²) in [5, 5.41) is 12.4. The fraction of sp³-hybridized carbons (Fsp3) is 0.316. The first-order valence-electron chi connectivity index (χ1n) is 7.96. The van der Waals surface area contributed by atoms with Gasteiger partial charge >= 0.3 is 0 Å². The van der Waals surface area contributed by atoms with Gasteiger partial charge in [-0.05, 0) is 30.7 Å². The summed E-state index contributed by atoms with van der Waals surface area (Å²) < 4.78 is 10.7. The van der Waals surface area contributed by atoms with Crippen molar-refractivity contribution in [3.63, 3.8) is 0 Å². The normalized spacial score (nSPS) is 16.5. The molecule has 124 valence electrons. The van der Waals surface area contributed by atoms with Crippen molar-refractivity contribution >= 4 is 11.4 Å². The number of nitriles is 1. The van der Waals surface area contributed by atoms with Crippen molar-refractivity contribution in [1.29, 1.82) is 5.26 Å². The van der Waals surface area contributed by atoms with E-state index in [1.54, 1.807) is 14.2 Å². The van der Waals surface area contributed by atoms with Crippen molar-refractivity contribution < 1.29 is 9.47 Å². The predicted molar refractivity (Wildman–Crippen MR) is 94.9 cm³/mol. The zero-order chi connectivity index (χ0) is 16.9. The summed E-state index contributed by atoms with van der Waals surface area (Å²) in [6.45, 7) is 1.89.